The number of benzene rings is 2. The number of aliphatic imine (C=N–C) groups is 1. The summed E-state index contributed by atoms with van der Waals surface area (Å²) in [6.45, 7) is 5.20. The number of nitrogens with zero attached hydrogens (tertiary/aromatic N) is 2. The first-order valence-electron chi connectivity index (χ1n) is 10.3. The lowest BCUT2D eigenvalue weighted by Gasteiger charge is -2.22. The van der Waals surface area contributed by atoms with E-state index >= 15 is 0 Å². The van der Waals surface area contributed by atoms with E-state index in [2.05, 4.69) is 29.3 Å². The third-order valence-corrected chi connectivity index (χ3v) is 6.56. The minimum atomic E-state index is -1.03. The van der Waals surface area contributed by atoms with Gasteiger partial charge < -0.3 is 19.7 Å². The van der Waals surface area contributed by atoms with Crippen LogP contribution >= 0.6 is 0 Å². The van der Waals surface area contributed by atoms with Crippen LogP contribution in [0.3, 0.4) is 0 Å². The highest BCUT2D eigenvalue weighted by Crippen LogP contribution is 2.32. The van der Waals surface area contributed by atoms with Crippen molar-refractivity contribution in [1.82, 2.24) is 10.2 Å². The zero-order valence-corrected chi connectivity index (χ0v) is 18.8. The first-order valence-corrected chi connectivity index (χ1v) is 11.7. The molecule has 162 valence electrons. The standard InChI is InChI=1S/C23H31N3O3S/c1-4-24-23(25-11-13-30(27)22-8-6-5-7-9-22)26-12-10-18(17-26)19-14-20(28-2)16-21(15-19)29-3/h5-9,14-16,18H,4,10-13,17H2,1-3H3,(H,24,25). The zero-order chi connectivity index (χ0) is 21.3. The highest BCUT2D eigenvalue weighted by atomic mass is 32.2. The van der Waals surface area contributed by atoms with Crippen LogP contribution in [0.5, 0.6) is 11.5 Å². The average Bonchev–Trinajstić information content (AvgIpc) is 3.29. The Labute approximate surface area is 181 Å². The van der Waals surface area contributed by atoms with Crippen LogP contribution in [0.4, 0.5) is 0 Å². The Morgan fingerprint density at radius 3 is 2.50 bits per heavy atom. The molecule has 2 unspecified atom stereocenters. The predicted molar refractivity (Wildman–Crippen MR) is 122 cm³/mol. The minimum absolute atomic E-state index is 0.385. The van der Waals surface area contributed by atoms with Crippen LogP contribution in [0.15, 0.2) is 58.4 Å². The largest absolute Gasteiger partial charge is 0.497 e. The van der Waals surface area contributed by atoms with E-state index in [1.165, 1.54) is 5.56 Å². The first kappa shape index (κ1) is 22.2. The molecule has 1 fully saturated rings. The smallest absolute Gasteiger partial charge is 0.193 e. The van der Waals surface area contributed by atoms with Crippen LogP contribution in [-0.2, 0) is 10.8 Å². The van der Waals surface area contributed by atoms with Crippen LogP contribution in [0, 0.1) is 0 Å². The van der Waals surface area contributed by atoms with Crippen molar-refractivity contribution in [2.75, 3.05) is 46.2 Å². The summed E-state index contributed by atoms with van der Waals surface area (Å²) in [4.78, 5) is 7.88. The van der Waals surface area contributed by atoms with Gasteiger partial charge in [-0.05, 0) is 43.2 Å². The summed E-state index contributed by atoms with van der Waals surface area (Å²) in [7, 11) is 2.32. The SMILES string of the molecule is CCNC(=NCCS(=O)c1ccccc1)N1CCC(c2cc(OC)cc(OC)c2)C1. The Kier molecular flexibility index (Phi) is 8.13. The molecule has 3 rings (SSSR count). The van der Waals surface area contributed by atoms with Gasteiger partial charge in [-0.25, -0.2) is 0 Å². The molecule has 30 heavy (non-hydrogen) atoms. The van der Waals surface area contributed by atoms with Crippen LogP contribution in [-0.4, -0.2) is 61.2 Å². The fourth-order valence-electron chi connectivity index (χ4n) is 3.64. The second kappa shape index (κ2) is 11.0. The summed E-state index contributed by atoms with van der Waals surface area (Å²) in [5.41, 5.74) is 1.22. The maximum Gasteiger partial charge on any atom is 0.193 e. The van der Waals surface area contributed by atoms with Gasteiger partial charge in [0.1, 0.15) is 11.5 Å². The van der Waals surface area contributed by atoms with Gasteiger partial charge in [0.15, 0.2) is 5.96 Å². The van der Waals surface area contributed by atoms with Gasteiger partial charge in [-0.3, -0.25) is 9.20 Å². The molecule has 2 aromatic carbocycles. The highest BCUT2D eigenvalue weighted by molar-refractivity contribution is 7.85. The number of methoxy groups -OCH3 is 2. The molecule has 1 N–H and O–H groups in total. The molecule has 1 aliphatic heterocycles. The fourth-order valence-corrected chi connectivity index (χ4v) is 4.59. The Morgan fingerprint density at radius 2 is 1.87 bits per heavy atom. The minimum Gasteiger partial charge on any atom is -0.497 e. The summed E-state index contributed by atoms with van der Waals surface area (Å²) in [6.07, 6.45) is 1.04. The lowest BCUT2D eigenvalue weighted by Crippen LogP contribution is -2.40. The Hall–Kier alpha value is -2.54. The van der Waals surface area contributed by atoms with Crippen molar-refractivity contribution < 1.29 is 13.7 Å². The van der Waals surface area contributed by atoms with E-state index in [0.29, 0.717) is 18.2 Å². The Bertz CT molecular complexity index is 851. The van der Waals surface area contributed by atoms with E-state index in [9.17, 15) is 4.21 Å². The van der Waals surface area contributed by atoms with E-state index in [0.717, 1.165) is 48.4 Å². The Morgan fingerprint density at radius 1 is 1.17 bits per heavy atom. The van der Waals surface area contributed by atoms with Crippen molar-refractivity contribution in [3.8, 4) is 11.5 Å². The summed E-state index contributed by atoms with van der Waals surface area (Å²) >= 11 is 0. The van der Waals surface area contributed by atoms with Crippen LogP contribution < -0.4 is 14.8 Å². The highest BCUT2D eigenvalue weighted by Gasteiger charge is 2.27. The summed E-state index contributed by atoms with van der Waals surface area (Å²) in [5, 5.41) is 3.38. The third-order valence-electron chi connectivity index (χ3n) is 5.21. The summed E-state index contributed by atoms with van der Waals surface area (Å²) in [6, 6.07) is 15.6. The number of rotatable bonds is 8. The lowest BCUT2D eigenvalue weighted by molar-refractivity contribution is 0.392. The quantitative estimate of drug-likeness (QED) is 0.515. The number of hydrogen-bond donors (Lipinski definition) is 1. The van der Waals surface area contributed by atoms with E-state index < -0.39 is 10.8 Å². The maximum absolute atomic E-state index is 12.4. The van der Waals surface area contributed by atoms with Gasteiger partial charge in [0.2, 0.25) is 0 Å². The molecule has 1 aliphatic rings. The molecule has 0 bridgehead atoms. The number of nitrogens with one attached hydrogen (secondary N) is 1. The number of likely N-dealkylation sites (tertiary alicyclic amines) is 1. The summed E-state index contributed by atoms with van der Waals surface area (Å²) < 4.78 is 23.3. The van der Waals surface area contributed by atoms with E-state index in [1.54, 1.807) is 14.2 Å². The van der Waals surface area contributed by atoms with Gasteiger partial charge in [0.25, 0.3) is 0 Å². The van der Waals surface area contributed by atoms with Gasteiger partial charge in [-0.2, -0.15) is 0 Å². The average molecular weight is 430 g/mol. The normalized spacial score (nSPS) is 17.6. The molecule has 2 aromatic rings. The van der Waals surface area contributed by atoms with Crippen molar-refractivity contribution in [2.45, 2.75) is 24.2 Å². The number of hydrogen-bond acceptors (Lipinski definition) is 4. The molecular formula is C23H31N3O3S. The molecular weight excluding hydrogens is 398 g/mol. The van der Waals surface area contributed by atoms with Crippen molar-refractivity contribution >= 4 is 16.8 Å². The van der Waals surface area contributed by atoms with Gasteiger partial charge in [-0.15, -0.1) is 0 Å². The molecule has 0 spiro atoms. The lowest BCUT2D eigenvalue weighted by atomic mass is 9.98. The molecule has 0 amide bonds. The van der Waals surface area contributed by atoms with Crippen molar-refractivity contribution in [3.63, 3.8) is 0 Å². The number of ether oxygens (including phenoxy) is 2. The van der Waals surface area contributed by atoms with E-state index in [1.807, 2.05) is 36.4 Å². The molecule has 0 aromatic heterocycles. The molecule has 2 atom stereocenters. The molecule has 0 saturated carbocycles. The summed E-state index contributed by atoms with van der Waals surface area (Å²) in [5.74, 6) is 3.42. The van der Waals surface area contributed by atoms with Crippen molar-refractivity contribution in [2.24, 2.45) is 4.99 Å². The third kappa shape index (κ3) is 5.75. The van der Waals surface area contributed by atoms with Crippen molar-refractivity contribution in [1.29, 1.82) is 0 Å². The maximum atomic E-state index is 12.4. The van der Waals surface area contributed by atoms with E-state index in [4.69, 9.17) is 14.5 Å². The number of guanidine groups is 1. The molecule has 0 aliphatic carbocycles. The monoisotopic (exact) mass is 429 g/mol. The van der Waals surface area contributed by atoms with Gasteiger partial charge in [0.05, 0.1) is 31.6 Å². The zero-order valence-electron chi connectivity index (χ0n) is 18.0. The Balaban J connectivity index is 1.64. The van der Waals surface area contributed by atoms with Crippen LogP contribution in [0.25, 0.3) is 0 Å². The molecule has 1 heterocycles. The molecule has 1 saturated heterocycles. The van der Waals surface area contributed by atoms with Gasteiger partial charge >= 0.3 is 0 Å². The van der Waals surface area contributed by atoms with E-state index in [-0.39, 0.29) is 0 Å². The van der Waals surface area contributed by atoms with Crippen LogP contribution in [0.1, 0.15) is 24.8 Å². The van der Waals surface area contributed by atoms with Gasteiger partial charge in [-0.1, -0.05) is 18.2 Å². The second-order valence-electron chi connectivity index (χ2n) is 7.18. The topological polar surface area (TPSA) is 63.2 Å². The van der Waals surface area contributed by atoms with Gasteiger partial charge in [0, 0.05) is 42.3 Å². The van der Waals surface area contributed by atoms with Crippen molar-refractivity contribution in [3.05, 3.63) is 54.1 Å². The predicted octanol–water partition coefficient (Wildman–Crippen LogP) is 3.27. The second-order valence-corrected chi connectivity index (χ2v) is 8.75. The fraction of sp³-hybridized carbons (Fsp3) is 0.435. The van der Waals surface area contributed by atoms with Crippen LogP contribution in [0.2, 0.25) is 0 Å². The molecule has 6 nitrogen and oxygen atoms in total. The first-order chi connectivity index (χ1) is 14.6. The molecule has 0 radical (unpaired) electrons. The molecule has 7 heteroatoms.